The third-order valence-electron chi connectivity index (χ3n) is 3.56. The van der Waals surface area contributed by atoms with Crippen molar-refractivity contribution in [3.8, 4) is 0 Å². The highest BCUT2D eigenvalue weighted by atomic mass is 35.5. The number of sulfonamides is 1. The van der Waals surface area contributed by atoms with Crippen LogP contribution in [0.3, 0.4) is 0 Å². The van der Waals surface area contributed by atoms with Crippen LogP contribution in [0.15, 0.2) is 16.3 Å². The first-order valence-electron chi connectivity index (χ1n) is 6.76. The van der Waals surface area contributed by atoms with Crippen molar-refractivity contribution in [3.63, 3.8) is 0 Å². The lowest BCUT2D eigenvalue weighted by Gasteiger charge is -2.34. The Labute approximate surface area is 124 Å². The molecular formula is C13H20ClNO2S2. The highest BCUT2D eigenvalue weighted by Crippen LogP contribution is 2.31. The van der Waals surface area contributed by atoms with Crippen LogP contribution in [0.2, 0.25) is 0 Å². The summed E-state index contributed by atoms with van der Waals surface area (Å²) in [5.74, 6) is 0.515. The molecule has 1 aromatic heterocycles. The first-order valence-corrected chi connectivity index (χ1v) is 9.55. The van der Waals surface area contributed by atoms with E-state index in [1.54, 1.807) is 10.4 Å². The van der Waals surface area contributed by atoms with E-state index in [4.69, 9.17) is 11.6 Å². The van der Waals surface area contributed by atoms with Gasteiger partial charge in [-0.05, 0) is 37.8 Å². The number of thiophene rings is 1. The van der Waals surface area contributed by atoms with E-state index in [-0.39, 0.29) is 6.04 Å². The number of nitrogens with zero attached hydrogens (tertiary/aromatic N) is 1. The minimum absolute atomic E-state index is 0.0726. The fourth-order valence-corrected chi connectivity index (χ4v) is 5.91. The molecule has 108 valence electrons. The lowest BCUT2D eigenvalue weighted by molar-refractivity contribution is 0.248. The summed E-state index contributed by atoms with van der Waals surface area (Å²) < 4.78 is 27.5. The van der Waals surface area contributed by atoms with Gasteiger partial charge in [0.1, 0.15) is 4.21 Å². The van der Waals surface area contributed by atoms with E-state index in [2.05, 4.69) is 0 Å². The van der Waals surface area contributed by atoms with Gasteiger partial charge in [-0.25, -0.2) is 8.42 Å². The Hall–Kier alpha value is -0.100. The molecule has 2 rings (SSSR count). The van der Waals surface area contributed by atoms with Gasteiger partial charge in [-0.1, -0.05) is 13.3 Å². The minimum atomic E-state index is -3.33. The normalized spacial score (nSPS) is 21.7. The summed E-state index contributed by atoms with van der Waals surface area (Å²) in [6.45, 7) is 2.67. The van der Waals surface area contributed by atoms with Gasteiger partial charge in [0.15, 0.2) is 0 Å². The lowest BCUT2D eigenvalue weighted by atomic mass is 10.0. The molecule has 1 atom stereocenters. The van der Waals surface area contributed by atoms with Gasteiger partial charge < -0.3 is 0 Å². The predicted octanol–water partition coefficient (Wildman–Crippen LogP) is 3.48. The number of halogens is 1. The number of piperidine rings is 1. The summed E-state index contributed by atoms with van der Waals surface area (Å²) in [6, 6.07) is 3.73. The van der Waals surface area contributed by atoms with E-state index in [0.717, 1.165) is 37.0 Å². The zero-order valence-electron chi connectivity index (χ0n) is 11.1. The van der Waals surface area contributed by atoms with Gasteiger partial charge in [0.05, 0.1) is 0 Å². The van der Waals surface area contributed by atoms with Crippen LogP contribution in [-0.2, 0) is 16.4 Å². The summed E-state index contributed by atoms with van der Waals surface area (Å²) in [4.78, 5) is 1.12. The summed E-state index contributed by atoms with van der Waals surface area (Å²) in [5, 5.41) is 0. The van der Waals surface area contributed by atoms with Crippen LogP contribution >= 0.6 is 22.9 Å². The predicted molar refractivity (Wildman–Crippen MR) is 80.6 cm³/mol. The summed E-state index contributed by atoms with van der Waals surface area (Å²) in [7, 11) is -3.33. The molecule has 1 fully saturated rings. The molecule has 1 aliphatic heterocycles. The average Bonchev–Trinajstić information content (AvgIpc) is 2.89. The smallest absolute Gasteiger partial charge is 0.206 e. The monoisotopic (exact) mass is 321 g/mol. The second-order valence-electron chi connectivity index (χ2n) is 4.82. The molecule has 0 radical (unpaired) electrons. The Morgan fingerprint density at radius 3 is 2.84 bits per heavy atom. The quantitative estimate of drug-likeness (QED) is 0.779. The van der Waals surface area contributed by atoms with Gasteiger partial charge >= 0.3 is 0 Å². The van der Waals surface area contributed by atoms with Crippen LogP contribution < -0.4 is 0 Å². The molecule has 1 unspecified atom stereocenters. The number of hydrogen-bond acceptors (Lipinski definition) is 3. The van der Waals surface area contributed by atoms with Crippen molar-refractivity contribution in [2.45, 2.75) is 49.3 Å². The molecule has 2 heterocycles. The maximum absolute atomic E-state index is 12.7. The molecule has 6 heteroatoms. The molecule has 0 aliphatic carbocycles. The number of aryl methyl sites for hydroxylation is 1. The van der Waals surface area contributed by atoms with E-state index in [0.29, 0.717) is 16.6 Å². The zero-order valence-corrected chi connectivity index (χ0v) is 13.5. The van der Waals surface area contributed by atoms with E-state index in [9.17, 15) is 8.42 Å². The maximum Gasteiger partial charge on any atom is 0.252 e. The van der Waals surface area contributed by atoms with Crippen LogP contribution in [0.5, 0.6) is 0 Å². The standard InChI is InChI=1S/C13H20ClNO2S2/c1-2-12-6-7-13(18-12)19(16,17)15-10-4-3-5-11(15)8-9-14/h6-7,11H,2-5,8-10H2,1H3. The van der Waals surface area contributed by atoms with Crippen LogP contribution in [0.25, 0.3) is 0 Å². The van der Waals surface area contributed by atoms with Crippen molar-refractivity contribution < 1.29 is 8.42 Å². The van der Waals surface area contributed by atoms with Crippen LogP contribution in [0.4, 0.5) is 0 Å². The summed E-state index contributed by atoms with van der Waals surface area (Å²) in [5.41, 5.74) is 0. The Balaban J connectivity index is 2.25. The number of alkyl halides is 1. The molecular weight excluding hydrogens is 302 g/mol. The van der Waals surface area contributed by atoms with Crippen LogP contribution in [0, 0.1) is 0 Å². The molecule has 1 aliphatic rings. The molecule has 1 saturated heterocycles. The van der Waals surface area contributed by atoms with E-state index in [1.165, 1.54) is 11.3 Å². The van der Waals surface area contributed by atoms with Crippen LogP contribution in [-0.4, -0.2) is 31.2 Å². The van der Waals surface area contributed by atoms with Crippen molar-refractivity contribution >= 4 is 33.0 Å². The largest absolute Gasteiger partial charge is 0.252 e. The molecule has 0 N–H and O–H groups in total. The van der Waals surface area contributed by atoms with Crippen molar-refractivity contribution in [2.75, 3.05) is 12.4 Å². The summed E-state index contributed by atoms with van der Waals surface area (Å²) >= 11 is 7.19. The number of rotatable bonds is 5. The highest BCUT2D eigenvalue weighted by Gasteiger charge is 2.33. The van der Waals surface area contributed by atoms with Gasteiger partial charge in [0, 0.05) is 23.3 Å². The zero-order chi connectivity index (χ0) is 13.9. The molecule has 0 bridgehead atoms. The Bertz CT molecular complexity index is 510. The number of hydrogen-bond donors (Lipinski definition) is 0. The Morgan fingerprint density at radius 1 is 1.42 bits per heavy atom. The van der Waals surface area contributed by atoms with E-state index < -0.39 is 10.0 Å². The highest BCUT2D eigenvalue weighted by molar-refractivity contribution is 7.91. The third kappa shape index (κ3) is 3.32. The van der Waals surface area contributed by atoms with Gasteiger partial charge in [-0.2, -0.15) is 4.31 Å². The van der Waals surface area contributed by atoms with Crippen molar-refractivity contribution in [3.05, 3.63) is 17.0 Å². The third-order valence-corrected chi connectivity index (χ3v) is 7.43. The molecule has 19 heavy (non-hydrogen) atoms. The molecule has 0 saturated carbocycles. The fraction of sp³-hybridized carbons (Fsp3) is 0.692. The van der Waals surface area contributed by atoms with Gasteiger partial charge in [0.25, 0.3) is 10.0 Å². The van der Waals surface area contributed by atoms with E-state index >= 15 is 0 Å². The molecule has 1 aromatic rings. The topological polar surface area (TPSA) is 37.4 Å². The summed E-state index contributed by atoms with van der Waals surface area (Å²) in [6.07, 6.45) is 4.60. The minimum Gasteiger partial charge on any atom is -0.206 e. The molecule has 0 aromatic carbocycles. The van der Waals surface area contributed by atoms with Crippen LogP contribution in [0.1, 0.15) is 37.5 Å². The Kier molecular flexibility index (Phi) is 5.29. The average molecular weight is 322 g/mol. The fourth-order valence-electron chi connectivity index (χ4n) is 2.51. The Morgan fingerprint density at radius 2 is 2.21 bits per heavy atom. The second kappa shape index (κ2) is 6.57. The van der Waals surface area contributed by atoms with Gasteiger partial charge in [-0.15, -0.1) is 22.9 Å². The van der Waals surface area contributed by atoms with Gasteiger partial charge in [0.2, 0.25) is 0 Å². The van der Waals surface area contributed by atoms with Crippen molar-refractivity contribution in [1.82, 2.24) is 4.31 Å². The lowest BCUT2D eigenvalue weighted by Crippen LogP contribution is -2.43. The van der Waals surface area contributed by atoms with E-state index in [1.807, 2.05) is 13.0 Å². The molecule has 0 amide bonds. The first-order chi connectivity index (χ1) is 9.09. The van der Waals surface area contributed by atoms with Crippen molar-refractivity contribution in [2.24, 2.45) is 0 Å². The van der Waals surface area contributed by atoms with Crippen molar-refractivity contribution in [1.29, 1.82) is 0 Å². The molecule has 0 spiro atoms. The maximum atomic E-state index is 12.7. The molecule has 3 nitrogen and oxygen atoms in total. The van der Waals surface area contributed by atoms with Gasteiger partial charge in [-0.3, -0.25) is 0 Å². The SMILES string of the molecule is CCc1ccc(S(=O)(=O)N2CCCCC2CCCl)s1. The second-order valence-corrected chi connectivity index (χ2v) is 8.48. The first kappa shape index (κ1) is 15.3.